The van der Waals surface area contributed by atoms with Gasteiger partial charge in [0.25, 0.3) is 5.91 Å². The summed E-state index contributed by atoms with van der Waals surface area (Å²) in [6.45, 7) is 1.82. The van der Waals surface area contributed by atoms with Gasteiger partial charge in [0.05, 0.1) is 11.7 Å². The number of carbonyl (C=O) groups is 1. The van der Waals surface area contributed by atoms with E-state index in [0.29, 0.717) is 25.1 Å². The number of carbonyl (C=O) groups excluding carboxylic acids is 1. The van der Waals surface area contributed by atoms with E-state index in [2.05, 4.69) is 22.3 Å². The number of amides is 1. The molecule has 25 heavy (non-hydrogen) atoms. The Morgan fingerprint density at radius 1 is 1.24 bits per heavy atom. The van der Waals surface area contributed by atoms with E-state index < -0.39 is 0 Å². The summed E-state index contributed by atoms with van der Waals surface area (Å²) in [5.41, 5.74) is 1.49. The molecule has 6 heteroatoms. The highest BCUT2D eigenvalue weighted by Crippen LogP contribution is 2.20. The summed E-state index contributed by atoms with van der Waals surface area (Å²) in [5, 5.41) is 12.9. The molecule has 1 aliphatic heterocycles. The molecule has 2 aromatic rings. The molecule has 1 aliphatic rings. The molecule has 6 nitrogen and oxygen atoms in total. The Balaban J connectivity index is 1.61. The van der Waals surface area contributed by atoms with Crippen molar-refractivity contribution in [3.63, 3.8) is 0 Å². The van der Waals surface area contributed by atoms with Gasteiger partial charge in [0.2, 0.25) is 5.56 Å². The molecular formula is C19H23N3O3. The largest absolute Gasteiger partial charge is 0.392 e. The third-order valence-electron chi connectivity index (χ3n) is 4.58. The zero-order chi connectivity index (χ0) is 17.8. The molecule has 3 rings (SSSR count). The number of pyridine rings is 1. The van der Waals surface area contributed by atoms with Gasteiger partial charge in [-0.25, -0.2) is 0 Å². The minimum absolute atomic E-state index is 0.0895. The fraction of sp³-hybridized carbons (Fsp3) is 0.368. The summed E-state index contributed by atoms with van der Waals surface area (Å²) in [6.07, 6.45) is 1.80. The number of aliphatic hydroxyl groups excluding tert-OH is 1. The van der Waals surface area contributed by atoms with Crippen LogP contribution in [0, 0.1) is 0 Å². The zero-order valence-corrected chi connectivity index (χ0v) is 14.3. The van der Waals surface area contributed by atoms with E-state index in [0.717, 1.165) is 6.54 Å². The van der Waals surface area contributed by atoms with Crippen LogP contribution < -0.4 is 10.9 Å². The Morgan fingerprint density at radius 3 is 2.72 bits per heavy atom. The number of aryl methyl sites for hydroxylation is 1. The Hall–Kier alpha value is -2.44. The monoisotopic (exact) mass is 341 g/mol. The topological polar surface area (TPSA) is 74.6 Å². The van der Waals surface area contributed by atoms with Crippen LogP contribution in [0.5, 0.6) is 0 Å². The van der Waals surface area contributed by atoms with Crippen molar-refractivity contribution in [1.82, 2.24) is 14.8 Å². The number of likely N-dealkylation sites (tertiary alicyclic amines) is 1. The molecule has 0 spiro atoms. The van der Waals surface area contributed by atoms with Crippen molar-refractivity contribution in [1.29, 1.82) is 0 Å². The number of aromatic nitrogens is 1. The first-order chi connectivity index (χ1) is 12.0. The van der Waals surface area contributed by atoms with Gasteiger partial charge in [0.1, 0.15) is 0 Å². The third kappa shape index (κ3) is 4.35. The quantitative estimate of drug-likeness (QED) is 0.842. The number of rotatable bonds is 5. The number of nitrogens with one attached hydrogen (secondary N) is 1. The lowest BCUT2D eigenvalue weighted by atomic mass is 10.1. The van der Waals surface area contributed by atoms with Crippen LogP contribution in [-0.2, 0) is 13.6 Å². The number of benzene rings is 1. The van der Waals surface area contributed by atoms with Crippen LogP contribution in [0.15, 0.2) is 53.5 Å². The highest BCUT2D eigenvalue weighted by atomic mass is 16.3. The lowest BCUT2D eigenvalue weighted by molar-refractivity contribution is 0.0939. The molecule has 0 saturated carbocycles. The van der Waals surface area contributed by atoms with Crippen molar-refractivity contribution >= 4 is 5.91 Å². The van der Waals surface area contributed by atoms with Crippen LogP contribution in [-0.4, -0.2) is 45.7 Å². The predicted octanol–water partition coefficient (Wildman–Crippen LogP) is 0.750. The summed E-state index contributed by atoms with van der Waals surface area (Å²) in [4.78, 5) is 25.9. The maximum Gasteiger partial charge on any atom is 0.252 e. The molecular weight excluding hydrogens is 318 g/mol. The van der Waals surface area contributed by atoms with Crippen molar-refractivity contribution in [3.8, 4) is 0 Å². The third-order valence-corrected chi connectivity index (χ3v) is 4.58. The number of aliphatic hydroxyl groups is 1. The smallest absolute Gasteiger partial charge is 0.252 e. The Kier molecular flexibility index (Phi) is 5.31. The first-order valence-corrected chi connectivity index (χ1v) is 8.44. The second-order valence-corrected chi connectivity index (χ2v) is 6.54. The van der Waals surface area contributed by atoms with Crippen LogP contribution in [0.2, 0.25) is 0 Å². The van der Waals surface area contributed by atoms with Gasteiger partial charge in [-0.2, -0.15) is 0 Å². The second-order valence-electron chi connectivity index (χ2n) is 6.54. The van der Waals surface area contributed by atoms with Gasteiger partial charge >= 0.3 is 0 Å². The molecule has 2 atom stereocenters. The number of hydrogen-bond acceptors (Lipinski definition) is 4. The fourth-order valence-electron chi connectivity index (χ4n) is 3.22. The summed E-state index contributed by atoms with van der Waals surface area (Å²) >= 11 is 0. The van der Waals surface area contributed by atoms with Crippen LogP contribution >= 0.6 is 0 Å². The van der Waals surface area contributed by atoms with Gasteiger partial charge in [0.15, 0.2) is 0 Å². The van der Waals surface area contributed by atoms with E-state index >= 15 is 0 Å². The number of β-amino-alcohol motifs (C(OH)–C–C–N with tert-alkyl or cyclic N) is 1. The van der Waals surface area contributed by atoms with Gasteiger partial charge in [-0.05, 0) is 18.1 Å². The SMILES string of the molecule is Cn1cc(C(=O)NCC2CC(O)CN2Cc2ccccc2)ccc1=O. The van der Waals surface area contributed by atoms with Crippen LogP contribution in [0.1, 0.15) is 22.3 Å². The minimum atomic E-state index is -0.372. The molecule has 1 aromatic heterocycles. The number of hydrogen-bond donors (Lipinski definition) is 2. The Morgan fingerprint density at radius 2 is 2.00 bits per heavy atom. The van der Waals surface area contributed by atoms with Crippen LogP contribution in [0.25, 0.3) is 0 Å². The molecule has 0 aliphatic carbocycles. The molecule has 1 fully saturated rings. The lowest BCUT2D eigenvalue weighted by Gasteiger charge is -2.24. The first-order valence-electron chi connectivity index (χ1n) is 8.44. The first kappa shape index (κ1) is 17.4. The molecule has 0 radical (unpaired) electrons. The van der Waals surface area contributed by atoms with E-state index in [1.807, 2.05) is 18.2 Å². The average Bonchev–Trinajstić information content (AvgIpc) is 2.95. The van der Waals surface area contributed by atoms with Gasteiger partial charge < -0.3 is 15.0 Å². The molecule has 2 heterocycles. The van der Waals surface area contributed by atoms with Crippen LogP contribution in [0.4, 0.5) is 0 Å². The maximum absolute atomic E-state index is 12.3. The van der Waals surface area contributed by atoms with Crippen molar-refractivity contribution in [2.24, 2.45) is 7.05 Å². The Labute approximate surface area is 146 Å². The molecule has 132 valence electrons. The molecule has 1 aromatic carbocycles. The molecule has 0 bridgehead atoms. The van der Waals surface area contributed by atoms with E-state index in [1.54, 1.807) is 7.05 Å². The fourth-order valence-corrected chi connectivity index (χ4v) is 3.22. The average molecular weight is 341 g/mol. The van der Waals surface area contributed by atoms with Crippen molar-refractivity contribution in [2.45, 2.75) is 25.1 Å². The van der Waals surface area contributed by atoms with E-state index in [9.17, 15) is 14.7 Å². The maximum atomic E-state index is 12.3. The summed E-state index contributed by atoms with van der Waals surface area (Å²) in [6, 6.07) is 13.1. The molecule has 1 saturated heterocycles. The van der Waals surface area contributed by atoms with E-state index in [-0.39, 0.29) is 23.6 Å². The zero-order valence-electron chi connectivity index (χ0n) is 14.3. The summed E-state index contributed by atoms with van der Waals surface area (Å²) in [5.74, 6) is -0.211. The predicted molar refractivity (Wildman–Crippen MR) is 95.3 cm³/mol. The second kappa shape index (κ2) is 7.63. The standard InChI is InChI=1S/C19H23N3O3/c1-21-12-15(7-8-18(21)24)19(25)20-10-16-9-17(23)13-22(16)11-14-5-3-2-4-6-14/h2-8,12,16-17,23H,9-11,13H2,1H3,(H,20,25). The van der Waals surface area contributed by atoms with Crippen LogP contribution in [0.3, 0.4) is 0 Å². The number of nitrogens with zero attached hydrogens (tertiary/aromatic N) is 2. The lowest BCUT2D eigenvalue weighted by Crippen LogP contribution is -2.40. The van der Waals surface area contributed by atoms with Gasteiger partial charge in [-0.15, -0.1) is 0 Å². The molecule has 2 unspecified atom stereocenters. The summed E-state index contributed by atoms with van der Waals surface area (Å²) < 4.78 is 1.38. The van der Waals surface area contributed by atoms with Crippen molar-refractivity contribution < 1.29 is 9.90 Å². The van der Waals surface area contributed by atoms with Gasteiger partial charge in [-0.3, -0.25) is 14.5 Å². The Bertz CT molecular complexity index is 788. The van der Waals surface area contributed by atoms with E-state index in [4.69, 9.17) is 0 Å². The highest BCUT2D eigenvalue weighted by Gasteiger charge is 2.31. The van der Waals surface area contributed by atoms with Crippen molar-refractivity contribution in [2.75, 3.05) is 13.1 Å². The van der Waals surface area contributed by atoms with E-state index in [1.165, 1.54) is 28.5 Å². The molecule has 2 N–H and O–H groups in total. The van der Waals surface area contributed by atoms with Crippen molar-refractivity contribution in [3.05, 3.63) is 70.1 Å². The summed E-state index contributed by atoms with van der Waals surface area (Å²) in [7, 11) is 1.62. The van der Waals surface area contributed by atoms with Gasteiger partial charge in [-0.1, -0.05) is 30.3 Å². The highest BCUT2D eigenvalue weighted by molar-refractivity contribution is 5.93. The normalized spacial score (nSPS) is 20.6. The van der Waals surface area contributed by atoms with Gasteiger partial charge in [0, 0.05) is 45.0 Å². The minimum Gasteiger partial charge on any atom is -0.392 e. The molecule has 1 amide bonds.